The first-order valence-electron chi connectivity index (χ1n) is 19.2. The quantitative estimate of drug-likeness (QED) is 0.171. The maximum Gasteiger partial charge on any atom is 0.0794 e. The van der Waals surface area contributed by atoms with Gasteiger partial charge in [-0.05, 0) is 95.0 Å². The largest absolute Gasteiger partial charge is 0.256 e. The number of nitrogens with zero attached hydrogens (tertiary/aromatic N) is 2. The molecule has 0 radical (unpaired) electrons. The van der Waals surface area contributed by atoms with E-state index in [0.717, 1.165) is 22.3 Å². The summed E-state index contributed by atoms with van der Waals surface area (Å²) in [5.74, 6) is 0. The molecular formula is C54H32N2. The average molecular weight is 709 g/mol. The highest BCUT2D eigenvalue weighted by molar-refractivity contribution is 6.33. The molecule has 0 aliphatic rings. The zero-order valence-electron chi connectivity index (χ0n) is 30.4. The van der Waals surface area contributed by atoms with Gasteiger partial charge in [0.25, 0.3) is 0 Å². The third-order valence-electron chi connectivity index (χ3n) is 11.9. The minimum atomic E-state index is 1.01. The highest BCUT2D eigenvalue weighted by atomic mass is 14.7. The molecule has 2 heteroatoms. The lowest BCUT2D eigenvalue weighted by Crippen LogP contribution is -1.93. The van der Waals surface area contributed by atoms with Gasteiger partial charge in [0.1, 0.15) is 0 Å². The van der Waals surface area contributed by atoms with Crippen LogP contribution in [0.15, 0.2) is 194 Å². The third-order valence-corrected chi connectivity index (χ3v) is 11.9. The summed E-state index contributed by atoms with van der Waals surface area (Å²) in [4.78, 5) is 10.2. The maximum atomic E-state index is 5.36. The average Bonchev–Trinajstić information content (AvgIpc) is 3.28. The van der Waals surface area contributed by atoms with E-state index in [1.807, 2.05) is 6.20 Å². The molecule has 10 aromatic carbocycles. The summed E-state index contributed by atoms with van der Waals surface area (Å²) in [6.07, 6.45) is 1.94. The topological polar surface area (TPSA) is 25.8 Å². The van der Waals surface area contributed by atoms with Crippen LogP contribution in [0.4, 0.5) is 0 Å². The zero-order chi connectivity index (χ0) is 36.7. The Morgan fingerprint density at radius 1 is 0.304 bits per heavy atom. The van der Waals surface area contributed by atoms with Crippen molar-refractivity contribution < 1.29 is 0 Å². The van der Waals surface area contributed by atoms with Gasteiger partial charge in [-0.25, -0.2) is 4.98 Å². The molecule has 0 fully saturated rings. The van der Waals surface area contributed by atoms with Crippen molar-refractivity contribution in [3.63, 3.8) is 0 Å². The van der Waals surface area contributed by atoms with Gasteiger partial charge >= 0.3 is 0 Å². The van der Waals surface area contributed by atoms with E-state index < -0.39 is 0 Å². The van der Waals surface area contributed by atoms with E-state index in [1.165, 1.54) is 97.7 Å². The Labute approximate surface area is 322 Å². The van der Waals surface area contributed by atoms with E-state index in [0.29, 0.717) is 0 Å². The number of para-hydroxylation sites is 1. The minimum absolute atomic E-state index is 1.01. The normalized spacial score (nSPS) is 11.9. The molecule has 2 nitrogen and oxygen atoms in total. The standard InChI is InChI=1S/C54H32N2/c1-2-10-42-34(9-1)25-28-47-41(29-30-55-54(42)47)39-26-27-40-38(31-39)24-20-35-19-23-37(32-49(35)40)33-17-21-36(22-18-33)53-52-46-14-6-4-12-44(46)43-11-3-5-13-45(43)51(52)48-15-7-8-16-50(48)56-53/h1-32H. The van der Waals surface area contributed by atoms with Crippen molar-refractivity contribution in [3.05, 3.63) is 194 Å². The maximum absolute atomic E-state index is 5.36. The smallest absolute Gasteiger partial charge is 0.0794 e. The van der Waals surface area contributed by atoms with Crippen LogP contribution in [-0.4, -0.2) is 9.97 Å². The highest BCUT2D eigenvalue weighted by Gasteiger charge is 2.18. The second kappa shape index (κ2) is 12.0. The number of hydrogen-bond acceptors (Lipinski definition) is 2. The molecule has 258 valence electrons. The molecule has 0 unspecified atom stereocenters. The number of pyridine rings is 2. The lowest BCUT2D eigenvalue weighted by atomic mass is 9.89. The van der Waals surface area contributed by atoms with Crippen LogP contribution in [0.25, 0.3) is 120 Å². The SMILES string of the molecule is c1ccc2c(c1)ccc1c(-c3ccc4c(ccc5ccc(-c6ccc(-c7nc8ccccc8c8c9ccccc9c9ccccc9c78)cc6)cc54)c3)ccnc12. The summed E-state index contributed by atoms with van der Waals surface area (Å²) < 4.78 is 0. The number of benzene rings is 10. The van der Waals surface area contributed by atoms with Crippen LogP contribution >= 0.6 is 0 Å². The molecule has 0 bridgehead atoms. The predicted molar refractivity (Wildman–Crippen MR) is 238 cm³/mol. The van der Waals surface area contributed by atoms with Crippen molar-refractivity contribution in [2.24, 2.45) is 0 Å². The molecule has 12 rings (SSSR count). The van der Waals surface area contributed by atoms with Gasteiger partial charge in [-0.2, -0.15) is 0 Å². The minimum Gasteiger partial charge on any atom is -0.256 e. The number of aromatic nitrogens is 2. The number of hydrogen-bond donors (Lipinski definition) is 0. The van der Waals surface area contributed by atoms with Gasteiger partial charge in [0.05, 0.1) is 16.7 Å². The molecular weight excluding hydrogens is 677 g/mol. The van der Waals surface area contributed by atoms with Crippen LogP contribution in [0, 0.1) is 0 Å². The molecule has 0 saturated heterocycles. The second-order valence-electron chi connectivity index (χ2n) is 14.9. The fourth-order valence-corrected chi connectivity index (χ4v) is 9.20. The summed E-state index contributed by atoms with van der Waals surface area (Å²) in [5, 5.41) is 17.2. The first kappa shape index (κ1) is 31.0. The molecule has 0 spiro atoms. The van der Waals surface area contributed by atoms with Crippen LogP contribution < -0.4 is 0 Å². The Bertz CT molecular complexity index is 3580. The molecule has 0 saturated carbocycles. The summed E-state index contributed by atoms with van der Waals surface area (Å²) in [5.41, 5.74) is 8.95. The van der Waals surface area contributed by atoms with Crippen molar-refractivity contribution in [2.75, 3.05) is 0 Å². The Morgan fingerprint density at radius 2 is 0.875 bits per heavy atom. The zero-order valence-corrected chi connectivity index (χ0v) is 30.4. The van der Waals surface area contributed by atoms with Crippen LogP contribution in [0.5, 0.6) is 0 Å². The van der Waals surface area contributed by atoms with Gasteiger partial charge in [-0.15, -0.1) is 0 Å². The van der Waals surface area contributed by atoms with Crippen LogP contribution in [0.3, 0.4) is 0 Å². The van der Waals surface area contributed by atoms with Gasteiger partial charge in [-0.3, -0.25) is 4.98 Å². The summed E-state index contributed by atoms with van der Waals surface area (Å²) in [6.45, 7) is 0. The fourth-order valence-electron chi connectivity index (χ4n) is 9.20. The van der Waals surface area contributed by atoms with E-state index in [-0.39, 0.29) is 0 Å². The second-order valence-corrected chi connectivity index (χ2v) is 14.9. The Balaban J connectivity index is 0.979. The molecule has 0 aliphatic heterocycles. The molecule has 0 aliphatic carbocycles. The summed E-state index contributed by atoms with van der Waals surface area (Å²) >= 11 is 0. The summed E-state index contributed by atoms with van der Waals surface area (Å²) in [6, 6.07) is 68.4. The summed E-state index contributed by atoms with van der Waals surface area (Å²) in [7, 11) is 0. The number of fused-ring (bicyclic) bond motifs is 14. The van der Waals surface area contributed by atoms with E-state index >= 15 is 0 Å². The van der Waals surface area contributed by atoms with E-state index in [2.05, 4.69) is 188 Å². The predicted octanol–water partition coefficient (Wildman–Crippen LogP) is 14.7. The van der Waals surface area contributed by atoms with Crippen LogP contribution in [-0.2, 0) is 0 Å². The molecule has 2 heterocycles. The van der Waals surface area contributed by atoms with Crippen molar-refractivity contribution in [1.29, 1.82) is 0 Å². The Hall–Kier alpha value is -7.42. The lowest BCUT2D eigenvalue weighted by Gasteiger charge is -2.16. The van der Waals surface area contributed by atoms with Crippen molar-refractivity contribution in [1.82, 2.24) is 9.97 Å². The first-order valence-corrected chi connectivity index (χ1v) is 19.2. The fraction of sp³-hybridized carbons (Fsp3) is 0. The van der Waals surface area contributed by atoms with Crippen molar-refractivity contribution in [2.45, 2.75) is 0 Å². The Morgan fingerprint density at radius 3 is 1.70 bits per heavy atom. The van der Waals surface area contributed by atoms with Gasteiger partial charge in [-0.1, -0.05) is 164 Å². The van der Waals surface area contributed by atoms with E-state index in [4.69, 9.17) is 9.97 Å². The lowest BCUT2D eigenvalue weighted by molar-refractivity contribution is 1.43. The Kier molecular flexibility index (Phi) is 6.66. The van der Waals surface area contributed by atoms with Gasteiger partial charge < -0.3 is 0 Å². The van der Waals surface area contributed by atoms with E-state index in [1.54, 1.807) is 0 Å². The van der Waals surface area contributed by atoms with Crippen LogP contribution in [0.2, 0.25) is 0 Å². The molecule has 12 aromatic rings. The van der Waals surface area contributed by atoms with Gasteiger partial charge in [0.15, 0.2) is 0 Å². The molecule has 56 heavy (non-hydrogen) atoms. The molecule has 0 N–H and O–H groups in total. The monoisotopic (exact) mass is 708 g/mol. The first-order chi connectivity index (χ1) is 27.8. The van der Waals surface area contributed by atoms with Gasteiger partial charge in [0, 0.05) is 38.7 Å². The third kappa shape index (κ3) is 4.63. The van der Waals surface area contributed by atoms with E-state index in [9.17, 15) is 0 Å². The van der Waals surface area contributed by atoms with Gasteiger partial charge in [0.2, 0.25) is 0 Å². The number of rotatable bonds is 3. The van der Waals surface area contributed by atoms with Crippen LogP contribution in [0.1, 0.15) is 0 Å². The molecule has 2 aromatic heterocycles. The highest BCUT2D eigenvalue weighted by Crippen LogP contribution is 2.43. The van der Waals surface area contributed by atoms with Crippen molar-refractivity contribution in [3.8, 4) is 33.5 Å². The molecule has 0 atom stereocenters. The van der Waals surface area contributed by atoms with Crippen molar-refractivity contribution >= 4 is 86.4 Å². The molecule has 0 amide bonds.